The molecule has 0 aliphatic rings. The van der Waals surface area contributed by atoms with E-state index in [1.165, 1.54) is 24.3 Å². The van der Waals surface area contributed by atoms with Gasteiger partial charge >= 0.3 is 0 Å². The molecule has 108 valence electrons. The number of nitrogens with one attached hydrogen (secondary N) is 2. The van der Waals surface area contributed by atoms with Crippen LogP contribution in [0.1, 0.15) is 15.9 Å². The first-order valence-electron chi connectivity index (χ1n) is 6.14. The second-order valence-corrected chi connectivity index (χ2v) is 4.71. The summed E-state index contributed by atoms with van der Waals surface area (Å²) in [4.78, 5) is 23.4. The predicted octanol–water partition coefficient (Wildman–Crippen LogP) is 2.48. The zero-order valence-electron chi connectivity index (χ0n) is 10.9. The van der Waals surface area contributed by atoms with Gasteiger partial charge in [0.1, 0.15) is 5.82 Å². The van der Waals surface area contributed by atoms with Crippen LogP contribution in [-0.4, -0.2) is 11.8 Å². The molecule has 2 aromatic rings. The van der Waals surface area contributed by atoms with Crippen LogP contribution in [0.2, 0.25) is 5.02 Å². The Hall–Kier alpha value is -2.40. The fourth-order valence-electron chi connectivity index (χ4n) is 1.66. The highest BCUT2D eigenvalue weighted by Crippen LogP contribution is 2.09. The number of benzene rings is 2. The van der Waals surface area contributed by atoms with Crippen molar-refractivity contribution in [2.24, 2.45) is 0 Å². The minimum Gasteiger partial charge on any atom is -0.273 e. The third-order valence-electron chi connectivity index (χ3n) is 2.73. The number of hydrazine groups is 1. The lowest BCUT2D eigenvalue weighted by molar-refractivity contribution is -0.121. The van der Waals surface area contributed by atoms with Gasteiger partial charge in [-0.05, 0) is 35.9 Å². The number of carbonyl (C=O) groups is 2. The predicted molar refractivity (Wildman–Crippen MR) is 77.2 cm³/mol. The lowest BCUT2D eigenvalue weighted by Gasteiger charge is -2.08. The summed E-state index contributed by atoms with van der Waals surface area (Å²) in [5, 5.41) is 0.509. The Morgan fingerprint density at radius 3 is 2.33 bits per heavy atom. The summed E-state index contributed by atoms with van der Waals surface area (Å²) in [5.74, 6) is -1.45. The second kappa shape index (κ2) is 6.85. The van der Waals surface area contributed by atoms with E-state index in [0.717, 1.165) is 0 Å². The van der Waals surface area contributed by atoms with E-state index in [1.807, 2.05) is 0 Å². The lowest BCUT2D eigenvalue weighted by atomic mass is 10.1. The standard InChI is InChI=1S/C15H12ClFN2O2/c16-12-7-5-10(6-8-12)15(21)19-18-14(20)9-11-3-1-2-4-13(11)17/h1-8H,9H2,(H,18,20)(H,19,21). The van der Waals surface area contributed by atoms with Crippen LogP contribution in [0.5, 0.6) is 0 Å². The van der Waals surface area contributed by atoms with Gasteiger partial charge in [0.15, 0.2) is 0 Å². The largest absolute Gasteiger partial charge is 0.273 e. The molecule has 0 fully saturated rings. The molecule has 0 aliphatic heterocycles. The topological polar surface area (TPSA) is 58.2 Å². The summed E-state index contributed by atoms with van der Waals surface area (Å²) in [5.41, 5.74) is 5.10. The molecule has 2 amide bonds. The van der Waals surface area contributed by atoms with Crippen molar-refractivity contribution in [1.82, 2.24) is 10.9 Å². The Bertz CT molecular complexity index is 659. The van der Waals surface area contributed by atoms with Crippen LogP contribution in [-0.2, 0) is 11.2 Å². The Labute approximate surface area is 125 Å². The number of amides is 2. The van der Waals surface area contributed by atoms with Crippen LogP contribution in [0.15, 0.2) is 48.5 Å². The monoisotopic (exact) mass is 306 g/mol. The number of rotatable bonds is 3. The summed E-state index contributed by atoms with van der Waals surface area (Å²) >= 11 is 5.71. The zero-order chi connectivity index (χ0) is 15.2. The van der Waals surface area contributed by atoms with Gasteiger partial charge in [0.05, 0.1) is 6.42 Å². The molecule has 0 radical (unpaired) electrons. The average molecular weight is 307 g/mol. The van der Waals surface area contributed by atoms with Gasteiger partial charge in [-0.3, -0.25) is 20.4 Å². The fraction of sp³-hybridized carbons (Fsp3) is 0.0667. The van der Waals surface area contributed by atoms with E-state index in [1.54, 1.807) is 24.3 Å². The summed E-state index contributed by atoms with van der Waals surface area (Å²) in [6, 6.07) is 12.2. The molecule has 2 aromatic carbocycles. The van der Waals surface area contributed by atoms with Gasteiger partial charge in [-0.15, -0.1) is 0 Å². The van der Waals surface area contributed by atoms with Crippen molar-refractivity contribution in [1.29, 1.82) is 0 Å². The molecule has 0 unspecified atom stereocenters. The van der Waals surface area contributed by atoms with Gasteiger partial charge < -0.3 is 0 Å². The highest BCUT2D eigenvalue weighted by Gasteiger charge is 2.09. The molecular weight excluding hydrogens is 295 g/mol. The van der Waals surface area contributed by atoms with Crippen LogP contribution in [0.25, 0.3) is 0 Å². The van der Waals surface area contributed by atoms with Crippen LogP contribution < -0.4 is 10.9 Å². The summed E-state index contributed by atoms with van der Waals surface area (Å²) in [6.07, 6.45) is -0.159. The van der Waals surface area contributed by atoms with Crippen molar-refractivity contribution in [3.05, 3.63) is 70.5 Å². The molecular formula is C15H12ClFN2O2. The number of halogens is 2. The van der Waals surface area contributed by atoms with Crippen molar-refractivity contribution < 1.29 is 14.0 Å². The zero-order valence-corrected chi connectivity index (χ0v) is 11.7. The third-order valence-corrected chi connectivity index (χ3v) is 2.98. The molecule has 0 aromatic heterocycles. The molecule has 21 heavy (non-hydrogen) atoms. The van der Waals surface area contributed by atoms with Gasteiger partial charge in [-0.2, -0.15) is 0 Å². The quantitative estimate of drug-likeness (QED) is 0.856. The number of hydrogen-bond donors (Lipinski definition) is 2. The van der Waals surface area contributed by atoms with Crippen LogP contribution in [0.3, 0.4) is 0 Å². The minimum absolute atomic E-state index is 0.159. The summed E-state index contributed by atoms with van der Waals surface area (Å²) in [7, 11) is 0. The Kier molecular flexibility index (Phi) is 4.90. The molecule has 0 aliphatic carbocycles. The summed E-state index contributed by atoms with van der Waals surface area (Å²) in [6.45, 7) is 0. The van der Waals surface area contributed by atoms with Gasteiger partial charge in [0.25, 0.3) is 5.91 Å². The smallest absolute Gasteiger partial charge is 0.269 e. The van der Waals surface area contributed by atoms with E-state index < -0.39 is 17.6 Å². The van der Waals surface area contributed by atoms with Gasteiger partial charge in [0.2, 0.25) is 5.91 Å². The van der Waals surface area contributed by atoms with Crippen molar-refractivity contribution >= 4 is 23.4 Å². The van der Waals surface area contributed by atoms with Crippen LogP contribution >= 0.6 is 11.6 Å². The van der Waals surface area contributed by atoms with Crippen molar-refractivity contribution in [2.45, 2.75) is 6.42 Å². The normalized spacial score (nSPS) is 10.0. The molecule has 0 bridgehead atoms. The highest BCUT2D eigenvalue weighted by atomic mass is 35.5. The van der Waals surface area contributed by atoms with E-state index in [9.17, 15) is 14.0 Å². The van der Waals surface area contributed by atoms with E-state index >= 15 is 0 Å². The third kappa shape index (κ3) is 4.29. The van der Waals surface area contributed by atoms with Crippen LogP contribution in [0, 0.1) is 5.82 Å². The van der Waals surface area contributed by atoms with E-state index in [4.69, 9.17) is 11.6 Å². The molecule has 0 spiro atoms. The number of carbonyl (C=O) groups excluding carboxylic acids is 2. The Balaban J connectivity index is 1.88. The molecule has 2 rings (SSSR count). The SMILES string of the molecule is O=C(Cc1ccccc1F)NNC(=O)c1ccc(Cl)cc1. The Morgan fingerprint density at radius 1 is 1.00 bits per heavy atom. The first kappa shape index (κ1) is 15.0. The molecule has 6 heteroatoms. The maximum atomic E-state index is 13.4. The molecule has 0 heterocycles. The fourth-order valence-corrected chi connectivity index (χ4v) is 1.78. The number of hydrogen-bond acceptors (Lipinski definition) is 2. The molecule has 0 saturated carbocycles. The van der Waals surface area contributed by atoms with Gasteiger partial charge in [-0.1, -0.05) is 29.8 Å². The Morgan fingerprint density at radius 2 is 1.67 bits per heavy atom. The lowest BCUT2D eigenvalue weighted by Crippen LogP contribution is -2.42. The van der Waals surface area contributed by atoms with E-state index in [-0.39, 0.29) is 12.0 Å². The average Bonchev–Trinajstić information content (AvgIpc) is 2.48. The first-order valence-corrected chi connectivity index (χ1v) is 6.52. The van der Waals surface area contributed by atoms with E-state index in [2.05, 4.69) is 10.9 Å². The van der Waals surface area contributed by atoms with E-state index in [0.29, 0.717) is 10.6 Å². The summed E-state index contributed by atoms with van der Waals surface area (Å²) < 4.78 is 13.4. The minimum atomic E-state index is -0.512. The molecule has 4 nitrogen and oxygen atoms in total. The highest BCUT2D eigenvalue weighted by molar-refractivity contribution is 6.30. The molecule has 0 saturated heterocycles. The van der Waals surface area contributed by atoms with Crippen molar-refractivity contribution in [3.8, 4) is 0 Å². The van der Waals surface area contributed by atoms with Crippen molar-refractivity contribution in [3.63, 3.8) is 0 Å². The maximum absolute atomic E-state index is 13.4. The maximum Gasteiger partial charge on any atom is 0.269 e. The second-order valence-electron chi connectivity index (χ2n) is 4.28. The first-order chi connectivity index (χ1) is 10.1. The molecule has 0 atom stereocenters. The molecule has 2 N–H and O–H groups in total. The van der Waals surface area contributed by atoms with Gasteiger partial charge in [-0.25, -0.2) is 4.39 Å². The van der Waals surface area contributed by atoms with Crippen LogP contribution in [0.4, 0.5) is 4.39 Å². The van der Waals surface area contributed by atoms with Crippen molar-refractivity contribution in [2.75, 3.05) is 0 Å². The van der Waals surface area contributed by atoms with Gasteiger partial charge in [0, 0.05) is 10.6 Å².